The second-order valence-electron chi connectivity index (χ2n) is 14.4. The Morgan fingerprint density at radius 3 is 2.49 bits per heavy atom. The number of halogens is 1. The van der Waals surface area contributed by atoms with Crippen LogP contribution >= 0.6 is 0 Å². The molecule has 0 unspecified atom stereocenters. The number of benzene rings is 3. The third kappa shape index (κ3) is 5.61. The van der Waals surface area contributed by atoms with Crippen LogP contribution < -0.4 is 4.90 Å². The van der Waals surface area contributed by atoms with E-state index in [1.807, 2.05) is 79.5 Å². The molecule has 252 valence electrons. The largest absolute Gasteiger partial charge is 0.352 e. The second kappa shape index (κ2) is 12.6. The number of likely N-dealkylation sites (tertiary alicyclic amines) is 1. The van der Waals surface area contributed by atoms with Gasteiger partial charge in [0.05, 0.1) is 40.3 Å². The second-order valence-corrected chi connectivity index (χ2v) is 14.4. The Bertz CT molecular complexity index is 2160. The Morgan fingerprint density at radius 1 is 1.10 bits per heavy atom. The molecule has 0 N–H and O–H groups in total. The van der Waals surface area contributed by atoms with Crippen molar-refractivity contribution in [2.75, 3.05) is 65.8 Å². The van der Waals surface area contributed by atoms with Crippen molar-refractivity contribution < 1.29 is 9.18 Å². The van der Waals surface area contributed by atoms with Crippen molar-refractivity contribution in [3.05, 3.63) is 77.8 Å². The van der Waals surface area contributed by atoms with Crippen LogP contribution in [0.2, 0.25) is 0 Å². The molecule has 0 radical (unpaired) electrons. The van der Waals surface area contributed by atoms with Crippen LogP contribution in [0.1, 0.15) is 36.9 Å². The quantitative estimate of drug-likeness (QED) is 0.194. The number of aromatic nitrogens is 3. The lowest BCUT2D eigenvalue weighted by atomic mass is 9.89. The van der Waals surface area contributed by atoms with Gasteiger partial charge in [-0.2, -0.15) is 10.4 Å². The summed E-state index contributed by atoms with van der Waals surface area (Å²) >= 11 is 0. The van der Waals surface area contributed by atoms with Gasteiger partial charge in [0.2, 0.25) is 5.91 Å². The summed E-state index contributed by atoms with van der Waals surface area (Å²) in [4.78, 5) is 26.3. The first-order valence-electron chi connectivity index (χ1n) is 17.0. The van der Waals surface area contributed by atoms with E-state index in [0.717, 1.165) is 64.4 Å². The minimum Gasteiger partial charge on any atom is -0.352 e. The molecule has 9 nitrogen and oxygen atoms in total. The molecule has 4 heterocycles. The maximum absolute atomic E-state index is 17.3. The summed E-state index contributed by atoms with van der Waals surface area (Å²) in [6.45, 7) is 7.64. The SMILES string of the molecule is Cc1cc2c(nc(N3CC(C)(N(C)C)C3)c3cnn(C4CCN(C(=O)/C=C/CN(C)C)CC4)c32)c(F)c1-c1cccc2cccc(C#N)c12. The van der Waals surface area contributed by atoms with Crippen LogP contribution in [0.25, 0.3) is 43.7 Å². The average molecular weight is 659 g/mol. The zero-order chi connectivity index (χ0) is 34.6. The highest BCUT2D eigenvalue weighted by Crippen LogP contribution is 2.43. The number of pyridine rings is 1. The molecule has 2 fully saturated rings. The first-order chi connectivity index (χ1) is 23.5. The Hall–Kier alpha value is -4.85. The molecule has 49 heavy (non-hydrogen) atoms. The van der Waals surface area contributed by atoms with Crippen LogP contribution in [-0.4, -0.2) is 102 Å². The number of anilines is 1. The summed E-state index contributed by atoms with van der Waals surface area (Å²) in [6, 6.07) is 15.8. The summed E-state index contributed by atoms with van der Waals surface area (Å²) in [7, 11) is 8.12. The van der Waals surface area contributed by atoms with Gasteiger partial charge in [0.1, 0.15) is 11.3 Å². The molecule has 2 aromatic heterocycles. The minimum absolute atomic E-state index is 0.0209. The molecule has 0 aliphatic carbocycles. The van der Waals surface area contributed by atoms with E-state index in [2.05, 4.69) is 41.6 Å². The van der Waals surface area contributed by atoms with E-state index >= 15 is 4.39 Å². The number of piperidine rings is 1. The topological polar surface area (TPSA) is 84.5 Å². The minimum atomic E-state index is -0.396. The standard InChI is InChI=1S/C39H43FN8O/c1-25-20-30-36(35(40)33(25)29-13-8-11-26-10-7-12-27(21-41)34(26)29)43-38(47-23-39(2,24-47)45(5)6)31-22-42-48(37(30)31)28-15-18-46(19-16-28)32(49)14-9-17-44(3)4/h7-14,20,22,28H,15-19,23-24H2,1-6H3/b14-9+. The van der Waals surface area contributed by atoms with E-state index in [9.17, 15) is 10.1 Å². The molecule has 0 bridgehead atoms. The van der Waals surface area contributed by atoms with Crippen molar-refractivity contribution in [2.45, 2.75) is 38.3 Å². The summed E-state index contributed by atoms with van der Waals surface area (Å²) in [5.41, 5.74) is 3.57. The van der Waals surface area contributed by atoms with Gasteiger partial charge >= 0.3 is 0 Å². The van der Waals surface area contributed by atoms with Crippen molar-refractivity contribution in [1.82, 2.24) is 29.5 Å². The third-order valence-corrected chi connectivity index (χ3v) is 10.5. The van der Waals surface area contributed by atoms with Gasteiger partial charge in [-0.15, -0.1) is 0 Å². The number of hydrogen-bond donors (Lipinski definition) is 0. The normalized spacial score (nSPS) is 16.8. The van der Waals surface area contributed by atoms with E-state index in [1.54, 1.807) is 12.1 Å². The van der Waals surface area contributed by atoms with E-state index < -0.39 is 5.82 Å². The maximum Gasteiger partial charge on any atom is 0.246 e. The van der Waals surface area contributed by atoms with Gasteiger partial charge < -0.3 is 19.6 Å². The number of amides is 1. The number of carbonyl (C=O) groups excluding carboxylic acids is 1. The zero-order valence-electron chi connectivity index (χ0n) is 29.2. The lowest BCUT2D eigenvalue weighted by Gasteiger charge is -2.52. The molecule has 0 atom stereocenters. The van der Waals surface area contributed by atoms with E-state index in [-0.39, 0.29) is 17.5 Å². The summed E-state index contributed by atoms with van der Waals surface area (Å²) in [5, 5.41) is 18.2. The summed E-state index contributed by atoms with van der Waals surface area (Å²) in [6.07, 6.45) is 6.95. The van der Waals surface area contributed by atoms with E-state index in [1.165, 1.54) is 0 Å². The van der Waals surface area contributed by atoms with Crippen LogP contribution in [0.3, 0.4) is 0 Å². The molecule has 2 saturated heterocycles. The zero-order valence-corrected chi connectivity index (χ0v) is 29.2. The number of fused-ring (bicyclic) bond motifs is 4. The molecule has 3 aromatic carbocycles. The van der Waals surface area contributed by atoms with Crippen molar-refractivity contribution in [2.24, 2.45) is 0 Å². The number of likely N-dealkylation sites (N-methyl/N-ethyl adjacent to an activating group) is 2. The molecular weight excluding hydrogens is 615 g/mol. The van der Waals surface area contributed by atoms with Crippen LogP contribution in [0, 0.1) is 24.1 Å². The summed E-state index contributed by atoms with van der Waals surface area (Å²) < 4.78 is 19.3. The van der Waals surface area contributed by atoms with Crippen molar-refractivity contribution in [1.29, 1.82) is 5.26 Å². The van der Waals surface area contributed by atoms with Gasteiger partial charge in [-0.25, -0.2) is 9.37 Å². The smallest absolute Gasteiger partial charge is 0.246 e. The highest BCUT2D eigenvalue weighted by molar-refractivity contribution is 6.11. The predicted molar refractivity (Wildman–Crippen MR) is 194 cm³/mol. The number of aryl methyl sites for hydroxylation is 1. The number of nitriles is 1. The molecule has 0 spiro atoms. The molecular formula is C39H43FN8O. The van der Waals surface area contributed by atoms with Crippen LogP contribution in [0.4, 0.5) is 10.2 Å². The number of nitrogens with zero attached hydrogens (tertiary/aromatic N) is 8. The lowest BCUT2D eigenvalue weighted by Crippen LogP contribution is -2.67. The predicted octanol–water partition coefficient (Wildman–Crippen LogP) is 6.15. The number of rotatable bonds is 7. The Labute approximate surface area is 286 Å². The van der Waals surface area contributed by atoms with Crippen LogP contribution in [0.5, 0.6) is 0 Å². The number of carbonyl (C=O) groups is 1. The monoisotopic (exact) mass is 658 g/mol. The molecule has 0 saturated carbocycles. The molecule has 2 aliphatic heterocycles. The number of hydrogen-bond acceptors (Lipinski definition) is 7. The summed E-state index contributed by atoms with van der Waals surface area (Å²) in [5.74, 6) is 0.366. The highest BCUT2D eigenvalue weighted by atomic mass is 19.1. The van der Waals surface area contributed by atoms with Crippen LogP contribution in [-0.2, 0) is 4.79 Å². The van der Waals surface area contributed by atoms with Crippen molar-refractivity contribution >= 4 is 44.3 Å². The van der Waals surface area contributed by atoms with E-state index in [4.69, 9.17) is 10.1 Å². The van der Waals surface area contributed by atoms with Gasteiger partial charge in [-0.3, -0.25) is 9.48 Å². The molecule has 2 aliphatic rings. The van der Waals surface area contributed by atoms with E-state index in [0.29, 0.717) is 41.8 Å². The fourth-order valence-electron chi connectivity index (χ4n) is 7.52. The van der Waals surface area contributed by atoms with Gasteiger partial charge in [0.15, 0.2) is 5.82 Å². The third-order valence-electron chi connectivity index (χ3n) is 10.5. The Kier molecular flexibility index (Phi) is 8.37. The molecule has 1 amide bonds. The molecule has 5 aromatic rings. The fourth-order valence-corrected chi connectivity index (χ4v) is 7.52. The highest BCUT2D eigenvalue weighted by Gasteiger charge is 2.42. The Morgan fingerprint density at radius 2 is 1.82 bits per heavy atom. The Balaban J connectivity index is 1.36. The maximum atomic E-state index is 17.3. The first kappa shape index (κ1) is 32.7. The molecule has 7 rings (SSSR count). The fraction of sp³-hybridized carbons (Fsp3) is 0.385. The van der Waals surface area contributed by atoms with Gasteiger partial charge in [0, 0.05) is 55.1 Å². The van der Waals surface area contributed by atoms with Gasteiger partial charge in [-0.1, -0.05) is 36.4 Å². The van der Waals surface area contributed by atoms with Crippen molar-refractivity contribution in [3.8, 4) is 17.2 Å². The van der Waals surface area contributed by atoms with Crippen molar-refractivity contribution in [3.63, 3.8) is 0 Å². The first-order valence-corrected chi connectivity index (χ1v) is 17.0. The lowest BCUT2D eigenvalue weighted by molar-refractivity contribution is -0.127. The average Bonchev–Trinajstić information content (AvgIpc) is 3.52. The van der Waals surface area contributed by atoms with Gasteiger partial charge in [-0.05, 0) is 83.5 Å². The van der Waals surface area contributed by atoms with Crippen LogP contribution in [0.15, 0.2) is 60.8 Å². The van der Waals surface area contributed by atoms with Gasteiger partial charge in [0.25, 0.3) is 0 Å². The molecule has 10 heteroatoms.